The van der Waals surface area contributed by atoms with Gasteiger partial charge in [-0.3, -0.25) is 23.2 Å². The Morgan fingerprint density at radius 1 is 0.596 bits per heavy atom. The van der Waals surface area contributed by atoms with Crippen LogP contribution in [0.3, 0.4) is 0 Å². The first-order chi connectivity index (χ1) is 27.2. The predicted molar refractivity (Wildman–Crippen MR) is 222 cm³/mol. The van der Waals surface area contributed by atoms with Gasteiger partial charge in [0.2, 0.25) is 0 Å². The van der Waals surface area contributed by atoms with Crippen LogP contribution in [0.1, 0.15) is 149 Å². The monoisotopic (exact) mass is 852 g/mol. The summed E-state index contributed by atoms with van der Waals surface area (Å²) in [6.45, 7) is 3.77. The molecule has 3 unspecified atom stereocenters. The number of esters is 2. The lowest BCUT2D eigenvalue weighted by Crippen LogP contribution is -2.29. The first-order valence-electron chi connectivity index (χ1n) is 20.8. The van der Waals surface area contributed by atoms with Crippen LogP contribution in [-0.4, -0.2) is 81.6 Å². The molecular weight excluding hydrogens is 778 g/mol. The molecule has 0 saturated carbocycles. The second kappa shape index (κ2) is 35.9. The third-order valence-electron chi connectivity index (χ3n) is 8.81. The Kier molecular flexibility index (Phi) is 34.7. The average molecular weight is 853 g/mol. The zero-order chi connectivity index (χ0) is 42.6. The second-order valence-electron chi connectivity index (χ2n) is 14.3. The number of phosphoric ester groups is 2. The number of hydrogen-bond acceptors (Lipinski definition) is 11. The van der Waals surface area contributed by atoms with Gasteiger partial charge in [0.25, 0.3) is 0 Å². The maximum Gasteiger partial charge on any atom is 0.472 e. The SMILES string of the molecule is CCCC(O)C/C=C\C/C=C\C/C=C\C/C=C\CCCC(=O)O[C@H](COC(=O)CCCCCCCCCCC(C)CC)COP(=O)(O)OC[C@@H](O)COP(=O)(O)O. The van der Waals surface area contributed by atoms with Gasteiger partial charge < -0.3 is 34.4 Å². The highest BCUT2D eigenvalue weighted by Gasteiger charge is 2.28. The van der Waals surface area contributed by atoms with Crippen molar-refractivity contribution in [3.8, 4) is 0 Å². The van der Waals surface area contributed by atoms with Crippen LogP contribution in [0.4, 0.5) is 0 Å². The number of aliphatic hydroxyl groups excluding tert-OH is 2. The molecule has 0 fully saturated rings. The Morgan fingerprint density at radius 2 is 1.12 bits per heavy atom. The van der Waals surface area contributed by atoms with E-state index < -0.39 is 66.2 Å². The van der Waals surface area contributed by atoms with Crippen molar-refractivity contribution in [2.45, 2.75) is 167 Å². The Labute approximate surface area is 342 Å². The summed E-state index contributed by atoms with van der Waals surface area (Å²) in [4.78, 5) is 52.5. The van der Waals surface area contributed by atoms with E-state index in [9.17, 15) is 33.8 Å². The zero-order valence-electron chi connectivity index (χ0n) is 34.7. The summed E-state index contributed by atoms with van der Waals surface area (Å²) < 4.78 is 47.6. The van der Waals surface area contributed by atoms with Gasteiger partial charge in [-0.25, -0.2) is 9.13 Å². The van der Waals surface area contributed by atoms with Crippen molar-refractivity contribution in [2.24, 2.45) is 5.92 Å². The summed E-state index contributed by atoms with van der Waals surface area (Å²) in [6.07, 6.45) is 30.4. The standard InChI is InChI=1S/C41H74O14P2/c1-4-27-37(42)29-24-20-16-11-9-7-6-8-10-12-18-22-26-31-41(45)55-39(35-54-57(49,50)53-33-38(43)32-52-56(46,47)48)34-51-40(44)30-25-21-17-14-13-15-19-23-28-36(3)5-2/h6,8-9,11-12,18,20,24,36-39,42-43H,4-5,7,10,13-17,19,21-23,25-35H2,1-3H3,(H,49,50)(H2,46,47,48)/b8-6-,11-9-,18-12-,24-20-/t36?,37?,38-,39+/m0/s1. The molecule has 5 N–H and O–H groups in total. The highest BCUT2D eigenvalue weighted by molar-refractivity contribution is 7.47. The highest BCUT2D eigenvalue weighted by atomic mass is 31.2. The molecule has 0 amide bonds. The van der Waals surface area contributed by atoms with Crippen LogP contribution in [0.5, 0.6) is 0 Å². The van der Waals surface area contributed by atoms with E-state index in [1.165, 1.54) is 38.5 Å². The number of hydrogen-bond donors (Lipinski definition) is 5. The summed E-state index contributed by atoms with van der Waals surface area (Å²) >= 11 is 0. The summed E-state index contributed by atoms with van der Waals surface area (Å²) in [5.74, 6) is -0.333. The van der Waals surface area contributed by atoms with E-state index >= 15 is 0 Å². The number of ether oxygens (including phenoxy) is 2. The molecule has 0 aromatic heterocycles. The van der Waals surface area contributed by atoms with Crippen molar-refractivity contribution in [1.29, 1.82) is 0 Å². The van der Waals surface area contributed by atoms with E-state index in [-0.39, 0.29) is 18.9 Å². The lowest BCUT2D eigenvalue weighted by atomic mass is 9.99. The zero-order valence-corrected chi connectivity index (χ0v) is 36.5. The van der Waals surface area contributed by atoms with E-state index in [0.717, 1.165) is 57.3 Å². The Hall–Kier alpha value is -1.96. The normalized spacial score (nSPS) is 15.7. The van der Waals surface area contributed by atoms with Gasteiger partial charge in [0.1, 0.15) is 12.7 Å². The van der Waals surface area contributed by atoms with Crippen molar-refractivity contribution >= 4 is 27.6 Å². The van der Waals surface area contributed by atoms with Crippen molar-refractivity contribution in [2.75, 3.05) is 26.4 Å². The number of carbonyl (C=O) groups is 2. The summed E-state index contributed by atoms with van der Waals surface area (Å²) in [5, 5.41) is 19.4. The first-order valence-corrected chi connectivity index (χ1v) is 23.8. The van der Waals surface area contributed by atoms with Crippen LogP contribution >= 0.6 is 15.6 Å². The fraction of sp³-hybridized carbons (Fsp3) is 0.756. The molecule has 0 bridgehead atoms. The second-order valence-corrected chi connectivity index (χ2v) is 17.0. The quantitative estimate of drug-likeness (QED) is 0.0170. The van der Waals surface area contributed by atoms with Gasteiger partial charge in [-0.15, -0.1) is 0 Å². The van der Waals surface area contributed by atoms with E-state index in [2.05, 4.69) is 60.2 Å². The predicted octanol–water partition coefficient (Wildman–Crippen LogP) is 9.11. The molecule has 14 nitrogen and oxygen atoms in total. The Balaban J connectivity index is 4.68. The number of aliphatic hydroxyl groups is 2. The number of allylic oxidation sites excluding steroid dienone is 7. The Bertz CT molecular complexity index is 1230. The van der Waals surface area contributed by atoms with E-state index in [0.29, 0.717) is 25.7 Å². The molecule has 0 aliphatic rings. The molecular formula is C41H74O14P2. The number of carbonyl (C=O) groups excluding carboxylic acids is 2. The third kappa shape index (κ3) is 39.3. The van der Waals surface area contributed by atoms with Crippen molar-refractivity contribution in [1.82, 2.24) is 0 Å². The molecule has 16 heteroatoms. The number of rotatable bonds is 38. The highest BCUT2D eigenvalue weighted by Crippen LogP contribution is 2.43. The van der Waals surface area contributed by atoms with E-state index in [4.69, 9.17) is 23.8 Å². The summed E-state index contributed by atoms with van der Waals surface area (Å²) in [6, 6.07) is 0. The minimum absolute atomic E-state index is 0.0400. The molecule has 5 atom stereocenters. The van der Waals surface area contributed by atoms with Gasteiger partial charge in [-0.05, 0) is 57.3 Å². The molecule has 0 spiro atoms. The van der Waals surface area contributed by atoms with Crippen LogP contribution in [0.2, 0.25) is 0 Å². The largest absolute Gasteiger partial charge is 0.472 e. The van der Waals surface area contributed by atoms with Gasteiger partial charge in [0.15, 0.2) is 6.10 Å². The minimum atomic E-state index is -4.87. The van der Waals surface area contributed by atoms with Crippen LogP contribution in [0, 0.1) is 5.92 Å². The van der Waals surface area contributed by atoms with Crippen LogP contribution in [0.15, 0.2) is 48.6 Å². The lowest BCUT2D eigenvalue weighted by molar-refractivity contribution is -0.161. The number of phosphoric acid groups is 2. The molecule has 0 aromatic carbocycles. The van der Waals surface area contributed by atoms with Gasteiger partial charge in [-0.2, -0.15) is 0 Å². The fourth-order valence-corrected chi connectivity index (χ4v) is 6.43. The molecule has 0 rings (SSSR count). The maximum absolute atomic E-state index is 12.6. The average Bonchev–Trinajstić information content (AvgIpc) is 3.16. The molecule has 0 aliphatic heterocycles. The summed E-state index contributed by atoms with van der Waals surface area (Å²) in [7, 11) is -9.70. The molecule has 0 aliphatic carbocycles. The fourth-order valence-electron chi connectivity index (χ4n) is 5.27. The first kappa shape index (κ1) is 55.0. The number of unbranched alkanes of at least 4 members (excludes halogenated alkanes) is 8. The molecule has 0 saturated heterocycles. The van der Waals surface area contributed by atoms with Crippen LogP contribution < -0.4 is 0 Å². The Morgan fingerprint density at radius 3 is 1.72 bits per heavy atom. The van der Waals surface area contributed by atoms with Gasteiger partial charge in [0.05, 0.1) is 25.9 Å². The van der Waals surface area contributed by atoms with E-state index in [1.807, 2.05) is 18.2 Å². The third-order valence-corrected chi connectivity index (χ3v) is 10.2. The van der Waals surface area contributed by atoms with Gasteiger partial charge >= 0.3 is 27.6 Å². The van der Waals surface area contributed by atoms with Gasteiger partial charge in [0, 0.05) is 12.8 Å². The van der Waals surface area contributed by atoms with Gasteiger partial charge in [-0.1, -0.05) is 134 Å². The topological polar surface area (TPSA) is 216 Å². The lowest BCUT2D eigenvalue weighted by Gasteiger charge is -2.20. The van der Waals surface area contributed by atoms with E-state index in [1.54, 1.807) is 0 Å². The van der Waals surface area contributed by atoms with Crippen LogP contribution in [0.25, 0.3) is 0 Å². The molecule has 57 heavy (non-hydrogen) atoms. The minimum Gasteiger partial charge on any atom is -0.462 e. The molecule has 0 aromatic rings. The summed E-state index contributed by atoms with van der Waals surface area (Å²) in [5.41, 5.74) is 0. The molecule has 0 radical (unpaired) electrons. The maximum atomic E-state index is 12.6. The van der Waals surface area contributed by atoms with Crippen molar-refractivity contribution in [3.63, 3.8) is 0 Å². The van der Waals surface area contributed by atoms with Crippen molar-refractivity contribution in [3.05, 3.63) is 48.6 Å². The molecule has 332 valence electrons. The van der Waals surface area contributed by atoms with Crippen LogP contribution in [-0.2, 0) is 41.8 Å². The molecule has 0 heterocycles. The smallest absolute Gasteiger partial charge is 0.462 e. The van der Waals surface area contributed by atoms with Crippen molar-refractivity contribution < 1.29 is 66.7 Å².